The van der Waals surface area contributed by atoms with E-state index in [1.807, 2.05) is 34.5 Å². The van der Waals surface area contributed by atoms with Gasteiger partial charge < -0.3 is 44.9 Å². The molecule has 8 rings (SSSR count). The minimum absolute atomic E-state index is 0.0312. The molecule has 120 heavy (non-hydrogen) atoms. The van der Waals surface area contributed by atoms with E-state index in [-0.39, 0.29) is 61.4 Å². The van der Waals surface area contributed by atoms with Crippen molar-refractivity contribution in [1.29, 1.82) is 0 Å². The number of aliphatic hydroxyl groups is 4. The summed E-state index contributed by atoms with van der Waals surface area (Å²) in [5.74, 6) is 7.31. The number of hydrogen-bond donors (Lipinski definition) is 6. The summed E-state index contributed by atoms with van der Waals surface area (Å²) in [6.07, 6.45) is 51.3. The molecule has 4 aliphatic rings. The van der Waals surface area contributed by atoms with Gasteiger partial charge in [-0.3, -0.25) is 19.2 Å². The topological polar surface area (TPSA) is 225 Å². The number of allylic oxidation sites excluding steroid dienone is 8. The molecule has 20 atom stereocenters. The van der Waals surface area contributed by atoms with Gasteiger partial charge in [0.05, 0.1) is 36.6 Å². The number of unbranched alkanes of at least 4 members (excludes halogenated alkanes) is 4. The second-order valence-corrected chi connectivity index (χ2v) is 37.5. The number of esters is 2. The smallest absolute Gasteiger partial charge is 0.306 e. The highest BCUT2D eigenvalue weighted by atomic mass is 16.5. The van der Waals surface area contributed by atoms with Gasteiger partial charge >= 0.3 is 23.9 Å². The van der Waals surface area contributed by atoms with Crippen LogP contribution in [0.3, 0.4) is 0 Å². The van der Waals surface area contributed by atoms with Crippen molar-refractivity contribution in [3.8, 4) is 0 Å². The van der Waals surface area contributed by atoms with Crippen LogP contribution >= 0.6 is 0 Å². The fourth-order valence-corrected chi connectivity index (χ4v) is 19.4. The molecule has 0 aromatic heterocycles. The predicted molar refractivity (Wildman–Crippen MR) is 495 cm³/mol. The lowest BCUT2D eigenvalue weighted by atomic mass is 9.81. The summed E-state index contributed by atoms with van der Waals surface area (Å²) < 4.78 is 10.3. The van der Waals surface area contributed by atoms with Gasteiger partial charge in [-0.15, -0.1) is 0 Å². The summed E-state index contributed by atoms with van der Waals surface area (Å²) >= 11 is 0. The van der Waals surface area contributed by atoms with E-state index < -0.39 is 11.9 Å². The van der Waals surface area contributed by atoms with Crippen LogP contribution in [0.15, 0.2) is 170 Å². The zero-order valence-corrected chi connectivity index (χ0v) is 76.6. The molecule has 0 amide bonds. The van der Waals surface area contributed by atoms with Gasteiger partial charge in [-0.1, -0.05) is 251 Å². The van der Waals surface area contributed by atoms with E-state index in [0.29, 0.717) is 120 Å². The third-order valence-corrected chi connectivity index (χ3v) is 26.7. The lowest BCUT2D eigenvalue weighted by Crippen LogP contribution is -2.20. The Morgan fingerprint density at radius 1 is 0.325 bits per heavy atom. The fourth-order valence-electron chi connectivity index (χ4n) is 19.4. The van der Waals surface area contributed by atoms with Crippen molar-refractivity contribution in [2.24, 2.45) is 94.7 Å². The van der Waals surface area contributed by atoms with E-state index in [1.165, 1.54) is 86.5 Å². The average Bonchev–Trinajstić information content (AvgIpc) is 1.71. The number of carbonyl (C=O) groups is 5. The van der Waals surface area contributed by atoms with Gasteiger partial charge in [-0.25, -0.2) is 0 Å². The summed E-state index contributed by atoms with van der Waals surface area (Å²) in [5.41, 5.74) is 5.68. The van der Waals surface area contributed by atoms with Crippen molar-refractivity contribution < 1.29 is 64.1 Å². The molecule has 6 N–H and O–H groups in total. The normalized spacial score (nSPS) is 24.9. The molecule has 4 fully saturated rings. The zero-order valence-electron chi connectivity index (χ0n) is 76.6. The van der Waals surface area contributed by atoms with Gasteiger partial charge in [0.2, 0.25) is 0 Å². The van der Waals surface area contributed by atoms with Gasteiger partial charge in [-0.05, 0) is 324 Å². The second-order valence-electron chi connectivity index (χ2n) is 37.5. The molecule has 0 spiro atoms. The van der Waals surface area contributed by atoms with E-state index in [2.05, 4.69) is 225 Å². The van der Waals surface area contributed by atoms with E-state index in [0.717, 1.165) is 128 Å². The maximum atomic E-state index is 11.6. The van der Waals surface area contributed by atoms with Crippen LogP contribution in [0.5, 0.6) is 0 Å². The van der Waals surface area contributed by atoms with Crippen LogP contribution in [-0.4, -0.2) is 97.9 Å². The molecule has 4 aromatic carbocycles. The maximum Gasteiger partial charge on any atom is 0.306 e. The third-order valence-electron chi connectivity index (χ3n) is 26.7. The fraction of sp³-hybridized carbons (Fsp3) is 0.654. The Morgan fingerprint density at radius 3 is 0.800 bits per heavy atom. The zero-order chi connectivity index (χ0) is 88.0. The minimum atomic E-state index is -0.727. The number of aryl methyl sites for hydroxylation is 4. The minimum Gasteiger partial charge on any atom is -0.481 e. The largest absolute Gasteiger partial charge is 0.481 e. The first-order valence-electron chi connectivity index (χ1n) is 47.3. The Kier molecular flexibility index (Phi) is 54.9. The molecule has 4 aliphatic carbocycles. The third kappa shape index (κ3) is 45.0. The number of aliphatic carboxylic acids is 2. The average molecular weight is 1660 g/mol. The first kappa shape index (κ1) is 106. The number of aliphatic hydroxyl groups excluding tert-OH is 4. The second kappa shape index (κ2) is 62.4. The number of rotatable bonds is 50. The van der Waals surface area contributed by atoms with Crippen LogP contribution in [0.4, 0.5) is 0 Å². The quantitative estimate of drug-likeness (QED) is 0.0138. The summed E-state index contributed by atoms with van der Waals surface area (Å²) in [6.45, 7) is 28.1. The van der Waals surface area contributed by atoms with Gasteiger partial charge in [-0.2, -0.15) is 0 Å². The van der Waals surface area contributed by atoms with E-state index in [9.17, 15) is 39.6 Å². The van der Waals surface area contributed by atoms with Crippen molar-refractivity contribution in [3.05, 3.63) is 192 Å². The number of benzene rings is 4. The van der Waals surface area contributed by atoms with Gasteiger partial charge in [0.1, 0.15) is 6.79 Å². The lowest BCUT2D eigenvalue weighted by Gasteiger charge is -2.24. The summed E-state index contributed by atoms with van der Waals surface area (Å²) in [6, 6.07) is 42.9. The SMILES string of the molecule is C=O.CC(C)OC(=O)CCC/C=C\C[C@@H]1[C@@H](CC[C@@H](C)CCc2ccccc2)[C@H](C)C[C@@H]1O.CC(C)OC(=O)CCC/C=C\C[C@@H]1[C@@H](CC[C@@H](C)CCc2ccccc2)[C@H](O)C[C@@H]1C.C[C@@H](CCc1ccccc1)CC[C@@H]1[C@@H](C/C=C\CCCC(=O)O)[C@@H](C)C[C@H]1O.C[C@@H](CCc1ccccc1)CC[C@@H]1[C@@H](C/C=C\CCCC(=O)O)[C@@H](O)C[C@H]1C. The highest BCUT2D eigenvalue weighted by Gasteiger charge is 2.42. The van der Waals surface area contributed by atoms with Crippen molar-refractivity contribution >= 4 is 30.7 Å². The van der Waals surface area contributed by atoms with Crippen LogP contribution in [0, 0.1) is 94.7 Å². The molecule has 0 bridgehead atoms. The van der Waals surface area contributed by atoms with Gasteiger partial charge in [0.15, 0.2) is 0 Å². The monoisotopic (exact) mass is 1660 g/mol. The molecule has 4 aromatic rings. The number of ether oxygens (including phenoxy) is 2. The van der Waals surface area contributed by atoms with Gasteiger partial charge in [0.25, 0.3) is 0 Å². The van der Waals surface area contributed by atoms with Crippen molar-refractivity contribution in [2.75, 3.05) is 0 Å². The summed E-state index contributed by atoms with van der Waals surface area (Å²) in [7, 11) is 0. The standard InChI is InChI=1S/2C28H44O3.2C25H38O3.CH2O/c1-21(2)31-28(30)15-11-6-5-10-14-26-25(23(4)20-27(26)29)19-17-22(3)16-18-24-12-8-7-9-13-24;1-21(2)31-28(30)15-11-6-5-10-14-25-23(4)20-27(29)26(25)19-17-22(3)16-18-24-12-8-7-9-13-24;1-19(14-16-21-10-6-5-7-11-21)15-17-22-20(2)18-24(26)23(22)12-8-3-4-9-13-25(27)28;1-19(14-16-21-10-6-5-7-11-21)15-17-23-22(20(2)18-24(23)26)12-8-3-4-9-13-25(27)28;1-2/h2*5,7-10,12-13,21-23,25-27,29H,6,11,14-20H2,1-4H3;2*3,5-8,10-11,19-20,22-24,26H,4,9,12-18H2,1-2H3,(H,27,28);1H2/b2*10-5-;2*8-3-;/t22-,23+,25-,26+,27-;22-,23-,25-,26+,27+;19-,20+,22-,23+,24-;19-,20-,22-,23+,24+;/m0000./s1. The Bertz CT molecular complexity index is 3180. The molecular formula is C107H166O13. The van der Waals surface area contributed by atoms with Crippen molar-refractivity contribution in [2.45, 2.75) is 351 Å². The molecule has 0 saturated heterocycles. The van der Waals surface area contributed by atoms with Crippen LogP contribution in [0.1, 0.15) is 311 Å². The predicted octanol–water partition coefficient (Wildman–Crippen LogP) is 25.0. The molecule has 0 aliphatic heterocycles. The highest BCUT2D eigenvalue weighted by molar-refractivity contribution is 5.70. The number of carboxylic acid groups (broad SMARTS) is 2. The molecule has 13 heteroatoms. The van der Waals surface area contributed by atoms with Gasteiger partial charge in [0, 0.05) is 25.7 Å². The highest BCUT2D eigenvalue weighted by Crippen LogP contribution is 2.47. The number of carboxylic acids is 2. The lowest BCUT2D eigenvalue weighted by molar-refractivity contribution is -0.148. The van der Waals surface area contributed by atoms with Crippen molar-refractivity contribution in [3.63, 3.8) is 0 Å². The van der Waals surface area contributed by atoms with E-state index in [1.54, 1.807) is 0 Å². The van der Waals surface area contributed by atoms with E-state index >= 15 is 0 Å². The van der Waals surface area contributed by atoms with Crippen LogP contribution in [0.2, 0.25) is 0 Å². The summed E-state index contributed by atoms with van der Waals surface area (Å²) in [4.78, 5) is 52.3. The van der Waals surface area contributed by atoms with Crippen molar-refractivity contribution in [1.82, 2.24) is 0 Å². The first-order chi connectivity index (χ1) is 57.7. The van der Waals surface area contributed by atoms with E-state index in [4.69, 9.17) is 24.5 Å². The maximum absolute atomic E-state index is 11.6. The molecule has 672 valence electrons. The van der Waals surface area contributed by atoms with Crippen LogP contribution in [0.25, 0.3) is 0 Å². The Labute approximate surface area is 728 Å². The molecule has 13 nitrogen and oxygen atoms in total. The Hall–Kier alpha value is -6.77. The van der Waals surface area contributed by atoms with Crippen LogP contribution < -0.4 is 0 Å². The van der Waals surface area contributed by atoms with Crippen LogP contribution in [-0.2, 0) is 59.1 Å². The molecule has 0 radical (unpaired) electrons. The Balaban J connectivity index is 0.000000334. The molecule has 0 unspecified atom stereocenters. The number of carbonyl (C=O) groups excluding carboxylic acids is 3. The molecule has 4 saturated carbocycles. The Morgan fingerprint density at radius 2 is 0.550 bits per heavy atom. The molecular weight excluding hydrogens is 1490 g/mol. The molecule has 0 heterocycles. The summed E-state index contributed by atoms with van der Waals surface area (Å²) in [5, 5.41) is 59.7. The number of hydrogen-bond acceptors (Lipinski definition) is 11. The first-order valence-corrected chi connectivity index (χ1v) is 47.3.